The lowest BCUT2D eigenvalue weighted by molar-refractivity contribution is -0.148. The van der Waals surface area contributed by atoms with Gasteiger partial charge in [-0.15, -0.1) is 0 Å². The average Bonchev–Trinajstić information content (AvgIpc) is 2.89. The summed E-state index contributed by atoms with van der Waals surface area (Å²) in [5.74, 6) is -1.18. The Bertz CT molecular complexity index is 541. The molecule has 1 aromatic carbocycles. The molecule has 0 heterocycles. The number of hydrogen-bond acceptors (Lipinski definition) is 2. The topological polar surface area (TPSA) is 66.4 Å². The number of benzene rings is 1. The fraction of sp³-hybridized carbons (Fsp3) is 0.429. The Kier molecular flexibility index (Phi) is 4.70. The van der Waals surface area contributed by atoms with Crippen molar-refractivity contribution in [3.8, 4) is 0 Å². The highest BCUT2D eigenvalue weighted by Crippen LogP contribution is 2.37. The van der Waals surface area contributed by atoms with E-state index in [2.05, 4.69) is 21.2 Å². The fourth-order valence-electron chi connectivity index (χ4n) is 2.53. The van der Waals surface area contributed by atoms with Gasteiger partial charge in [-0.25, -0.2) is 0 Å². The van der Waals surface area contributed by atoms with Crippen molar-refractivity contribution in [2.24, 2.45) is 5.41 Å². The van der Waals surface area contributed by atoms with E-state index >= 15 is 0 Å². The molecule has 1 amide bonds. The number of amides is 1. The summed E-state index contributed by atoms with van der Waals surface area (Å²) in [6.07, 6.45) is 2.99. The van der Waals surface area contributed by atoms with E-state index < -0.39 is 11.4 Å². The maximum atomic E-state index is 12.1. The zero-order valence-corrected chi connectivity index (χ0v) is 13.1. The van der Waals surface area contributed by atoms with Gasteiger partial charge < -0.3 is 10.4 Å². The van der Waals surface area contributed by atoms with Gasteiger partial charge in [0.05, 0.1) is 16.0 Å². The van der Waals surface area contributed by atoms with Crippen LogP contribution in [0.3, 0.4) is 0 Å². The third-order valence-corrected chi connectivity index (χ3v) is 4.60. The van der Waals surface area contributed by atoms with E-state index in [9.17, 15) is 14.7 Å². The summed E-state index contributed by atoms with van der Waals surface area (Å²) in [6, 6.07) is 5.00. The number of aliphatic carboxylic acids is 1. The Morgan fingerprint density at radius 3 is 2.60 bits per heavy atom. The van der Waals surface area contributed by atoms with E-state index in [0.29, 0.717) is 23.4 Å². The van der Waals surface area contributed by atoms with Crippen molar-refractivity contribution in [3.63, 3.8) is 0 Å². The van der Waals surface area contributed by atoms with Crippen molar-refractivity contribution in [1.29, 1.82) is 0 Å². The van der Waals surface area contributed by atoms with Gasteiger partial charge in [-0.1, -0.05) is 40.4 Å². The molecule has 0 bridgehead atoms. The van der Waals surface area contributed by atoms with Crippen LogP contribution in [0.1, 0.15) is 36.0 Å². The molecule has 0 unspecified atom stereocenters. The molecule has 0 atom stereocenters. The monoisotopic (exact) mass is 359 g/mol. The summed E-state index contributed by atoms with van der Waals surface area (Å²) in [4.78, 5) is 23.5. The second kappa shape index (κ2) is 6.14. The van der Waals surface area contributed by atoms with E-state index in [1.807, 2.05) is 0 Å². The van der Waals surface area contributed by atoms with Crippen LogP contribution in [0, 0.1) is 5.41 Å². The molecule has 0 saturated heterocycles. The fourth-order valence-corrected chi connectivity index (χ4v) is 3.10. The lowest BCUT2D eigenvalue weighted by Gasteiger charge is -2.24. The summed E-state index contributed by atoms with van der Waals surface area (Å²) in [6.45, 7) is 0.143. The minimum Gasteiger partial charge on any atom is -0.481 e. The number of halogens is 2. The number of carboxylic acids is 1. The molecule has 1 aliphatic carbocycles. The normalized spacial score (nSPS) is 16.9. The molecule has 0 aliphatic heterocycles. The van der Waals surface area contributed by atoms with Crippen LogP contribution in [0.15, 0.2) is 22.7 Å². The first-order chi connectivity index (χ1) is 9.44. The molecule has 0 spiro atoms. The second-order valence-corrected chi connectivity index (χ2v) is 6.42. The van der Waals surface area contributed by atoms with Crippen LogP contribution >= 0.6 is 27.5 Å². The van der Waals surface area contributed by atoms with Crippen LogP contribution in [0.5, 0.6) is 0 Å². The largest absolute Gasteiger partial charge is 0.481 e. The van der Waals surface area contributed by atoms with E-state index in [1.54, 1.807) is 18.2 Å². The van der Waals surface area contributed by atoms with Crippen LogP contribution in [-0.4, -0.2) is 23.5 Å². The Morgan fingerprint density at radius 1 is 1.35 bits per heavy atom. The molecule has 0 aromatic heterocycles. The summed E-state index contributed by atoms with van der Waals surface area (Å²) in [5.41, 5.74) is -0.478. The second-order valence-electron chi connectivity index (χ2n) is 5.10. The van der Waals surface area contributed by atoms with Gasteiger partial charge in [0, 0.05) is 11.0 Å². The predicted octanol–water partition coefficient (Wildman–Crippen LogP) is 3.48. The Morgan fingerprint density at radius 2 is 2.00 bits per heavy atom. The first-order valence-corrected chi connectivity index (χ1v) is 7.58. The van der Waals surface area contributed by atoms with Gasteiger partial charge in [-0.3, -0.25) is 9.59 Å². The molecular weight excluding hydrogens is 346 g/mol. The highest BCUT2D eigenvalue weighted by atomic mass is 79.9. The number of carboxylic acid groups (broad SMARTS) is 1. The first-order valence-electron chi connectivity index (χ1n) is 6.41. The molecule has 1 saturated carbocycles. The van der Waals surface area contributed by atoms with Crippen molar-refractivity contribution in [2.75, 3.05) is 6.54 Å². The molecule has 20 heavy (non-hydrogen) atoms. The smallest absolute Gasteiger partial charge is 0.311 e. The van der Waals surface area contributed by atoms with Gasteiger partial charge >= 0.3 is 5.97 Å². The van der Waals surface area contributed by atoms with Crippen LogP contribution < -0.4 is 5.32 Å². The average molecular weight is 361 g/mol. The zero-order chi connectivity index (χ0) is 14.8. The van der Waals surface area contributed by atoms with Crippen molar-refractivity contribution >= 4 is 39.4 Å². The van der Waals surface area contributed by atoms with Crippen LogP contribution in [0.2, 0.25) is 5.02 Å². The Labute approximate surface area is 130 Å². The minimum atomic E-state index is -0.837. The van der Waals surface area contributed by atoms with Crippen molar-refractivity contribution in [3.05, 3.63) is 33.3 Å². The molecule has 0 radical (unpaired) electrons. The number of nitrogens with one attached hydrogen (secondary N) is 1. The Hall–Kier alpha value is -1.07. The number of hydrogen-bond donors (Lipinski definition) is 2. The van der Waals surface area contributed by atoms with E-state index in [0.717, 1.165) is 17.3 Å². The number of carbonyl (C=O) groups excluding carboxylic acids is 1. The first kappa shape index (κ1) is 15.3. The number of carbonyl (C=O) groups is 2. The van der Waals surface area contributed by atoms with Crippen LogP contribution in [0.25, 0.3) is 0 Å². The maximum absolute atomic E-state index is 12.1. The van der Waals surface area contributed by atoms with E-state index in [4.69, 9.17) is 11.6 Å². The van der Waals surface area contributed by atoms with E-state index in [-0.39, 0.29) is 12.5 Å². The summed E-state index contributed by atoms with van der Waals surface area (Å²) >= 11 is 9.27. The third kappa shape index (κ3) is 3.15. The summed E-state index contributed by atoms with van der Waals surface area (Å²) < 4.78 is 0.751. The van der Waals surface area contributed by atoms with Crippen molar-refractivity contribution in [2.45, 2.75) is 25.7 Å². The molecule has 108 valence electrons. The molecule has 1 aliphatic rings. The highest BCUT2D eigenvalue weighted by molar-refractivity contribution is 9.10. The molecule has 2 rings (SSSR count). The zero-order valence-electron chi connectivity index (χ0n) is 10.8. The molecule has 2 N–H and O–H groups in total. The SMILES string of the molecule is O=C(NCC1(C(=O)O)CCCC1)c1cc(Br)ccc1Cl. The number of rotatable bonds is 4. The van der Waals surface area contributed by atoms with Gasteiger partial charge in [0.1, 0.15) is 0 Å². The van der Waals surface area contributed by atoms with Gasteiger partial charge in [0.15, 0.2) is 0 Å². The van der Waals surface area contributed by atoms with Crippen LogP contribution in [-0.2, 0) is 4.79 Å². The van der Waals surface area contributed by atoms with Gasteiger partial charge in [-0.2, -0.15) is 0 Å². The minimum absolute atomic E-state index is 0.143. The summed E-state index contributed by atoms with van der Waals surface area (Å²) in [5, 5.41) is 12.4. The summed E-state index contributed by atoms with van der Waals surface area (Å²) in [7, 11) is 0. The molecule has 1 aromatic rings. The lowest BCUT2D eigenvalue weighted by Crippen LogP contribution is -2.41. The maximum Gasteiger partial charge on any atom is 0.311 e. The van der Waals surface area contributed by atoms with Gasteiger partial charge in [-0.05, 0) is 31.0 Å². The standard InChI is InChI=1S/C14H15BrClNO3/c15-9-3-4-11(16)10(7-9)12(18)17-8-14(13(19)20)5-1-2-6-14/h3-4,7H,1-2,5-6,8H2,(H,17,18)(H,19,20). The van der Waals surface area contributed by atoms with Crippen molar-refractivity contribution in [1.82, 2.24) is 5.32 Å². The molecule has 6 heteroatoms. The van der Waals surface area contributed by atoms with Gasteiger partial charge in [0.25, 0.3) is 5.91 Å². The predicted molar refractivity (Wildman–Crippen MR) is 80.0 cm³/mol. The molecule has 4 nitrogen and oxygen atoms in total. The lowest BCUT2D eigenvalue weighted by atomic mass is 9.86. The molecule has 1 fully saturated rings. The van der Waals surface area contributed by atoms with E-state index in [1.165, 1.54) is 0 Å². The third-order valence-electron chi connectivity index (χ3n) is 3.77. The van der Waals surface area contributed by atoms with Crippen LogP contribution in [0.4, 0.5) is 0 Å². The molecular formula is C14H15BrClNO3. The van der Waals surface area contributed by atoms with Gasteiger partial charge in [0.2, 0.25) is 0 Å². The quantitative estimate of drug-likeness (QED) is 0.864. The Balaban J connectivity index is 2.08. The highest BCUT2D eigenvalue weighted by Gasteiger charge is 2.41. The van der Waals surface area contributed by atoms with Crippen molar-refractivity contribution < 1.29 is 14.7 Å².